The molecule has 0 saturated carbocycles. The molecular weight excluding hydrogens is 288 g/mol. The van der Waals surface area contributed by atoms with E-state index in [2.05, 4.69) is 27.3 Å². The molecule has 8 heteroatoms. The van der Waals surface area contributed by atoms with Gasteiger partial charge in [0.25, 0.3) is 0 Å². The summed E-state index contributed by atoms with van der Waals surface area (Å²) in [5, 5.41) is 12.2. The smallest absolute Gasteiger partial charge is 0.235 e. The number of aromatic nitrogens is 4. The Balaban J connectivity index is 1.92. The normalized spacial score (nSPS) is 18.2. The van der Waals surface area contributed by atoms with Crippen molar-refractivity contribution in [3.05, 3.63) is 0 Å². The first-order valence-corrected chi connectivity index (χ1v) is 8.36. The third kappa shape index (κ3) is 3.94. The highest BCUT2D eigenvalue weighted by Gasteiger charge is 2.26. The number of rotatable bonds is 5. The van der Waals surface area contributed by atoms with E-state index in [1.54, 1.807) is 4.68 Å². The van der Waals surface area contributed by atoms with E-state index >= 15 is 0 Å². The Morgan fingerprint density at radius 2 is 1.90 bits per heavy atom. The minimum atomic E-state index is -0.165. The molecule has 0 bridgehead atoms. The lowest BCUT2D eigenvalue weighted by atomic mass is 10.3. The molecule has 1 saturated heterocycles. The van der Waals surface area contributed by atoms with Crippen molar-refractivity contribution in [2.45, 2.75) is 44.1 Å². The van der Waals surface area contributed by atoms with Crippen molar-refractivity contribution < 1.29 is 4.79 Å². The minimum absolute atomic E-state index is 0.165. The van der Waals surface area contributed by atoms with E-state index in [9.17, 15) is 4.79 Å². The van der Waals surface area contributed by atoms with E-state index in [1.165, 1.54) is 11.8 Å². The number of tetrazole rings is 1. The molecule has 2 rings (SSSR count). The van der Waals surface area contributed by atoms with Crippen LogP contribution < -0.4 is 0 Å². The van der Waals surface area contributed by atoms with Crippen molar-refractivity contribution in [1.82, 2.24) is 30.0 Å². The summed E-state index contributed by atoms with van der Waals surface area (Å²) >= 11 is 1.44. The number of hydrogen-bond acceptors (Lipinski definition) is 6. The van der Waals surface area contributed by atoms with Crippen LogP contribution >= 0.6 is 11.8 Å². The molecule has 1 aliphatic rings. The van der Waals surface area contributed by atoms with E-state index < -0.39 is 0 Å². The zero-order valence-corrected chi connectivity index (χ0v) is 14.0. The Bertz CT molecular complexity index is 469. The van der Waals surface area contributed by atoms with Gasteiger partial charge in [0, 0.05) is 26.2 Å². The van der Waals surface area contributed by atoms with Gasteiger partial charge >= 0.3 is 0 Å². The summed E-state index contributed by atoms with van der Waals surface area (Å²) in [5.74, 6) is 0.175. The van der Waals surface area contributed by atoms with Gasteiger partial charge in [0.2, 0.25) is 11.1 Å². The van der Waals surface area contributed by atoms with E-state index in [4.69, 9.17) is 0 Å². The van der Waals surface area contributed by atoms with Gasteiger partial charge in [0.05, 0.1) is 11.3 Å². The van der Waals surface area contributed by atoms with E-state index in [0.717, 1.165) is 32.7 Å². The van der Waals surface area contributed by atoms with Crippen LogP contribution in [0.5, 0.6) is 0 Å². The third-order valence-corrected chi connectivity index (χ3v) is 4.75. The fourth-order valence-corrected chi connectivity index (χ4v) is 3.34. The number of likely N-dealkylation sites (N-methyl/N-ethyl adjacent to an activating group) is 1. The lowest BCUT2D eigenvalue weighted by Gasteiger charge is -2.35. The summed E-state index contributed by atoms with van der Waals surface area (Å²) in [6.07, 6.45) is 0. The number of piperazine rings is 1. The molecule has 1 unspecified atom stereocenters. The number of nitrogens with zero attached hydrogens (tertiary/aromatic N) is 6. The molecule has 1 aromatic rings. The zero-order chi connectivity index (χ0) is 15.4. The van der Waals surface area contributed by atoms with Crippen LogP contribution in [0.15, 0.2) is 5.16 Å². The lowest BCUT2D eigenvalue weighted by molar-refractivity contribution is -0.132. The van der Waals surface area contributed by atoms with E-state index in [-0.39, 0.29) is 17.2 Å². The molecular formula is C13H24N6OS. The molecule has 1 aliphatic heterocycles. The van der Waals surface area contributed by atoms with Crippen molar-refractivity contribution in [3.8, 4) is 0 Å². The second-order valence-electron chi connectivity index (χ2n) is 5.52. The Labute approximate surface area is 130 Å². The minimum Gasteiger partial charge on any atom is -0.339 e. The molecule has 2 heterocycles. The highest BCUT2D eigenvalue weighted by Crippen LogP contribution is 2.24. The molecule has 0 aliphatic carbocycles. The van der Waals surface area contributed by atoms with Crippen LogP contribution in [0.4, 0.5) is 0 Å². The van der Waals surface area contributed by atoms with Crippen LogP contribution in [0.1, 0.15) is 33.7 Å². The summed E-state index contributed by atoms with van der Waals surface area (Å²) < 4.78 is 1.75. The first-order chi connectivity index (χ1) is 10.0. The predicted octanol–water partition coefficient (Wildman–Crippen LogP) is 0.899. The first-order valence-electron chi connectivity index (χ1n) is 7.48. The molecule has 0 aromatic carbocycles. The standard InChI is InChI=1S/C13H24N6OS/c1-5-17-6-8-18(9-7-17)12(20)11(4)21-13-14-15-16-19(13)10(2)3/h10-11H,5-9H2,1-4H3. The average molecular weight is 312 g/mol. The molecule has 118 valence electrons. The van der Waals surface area contributed by atoms with Crippen molar-refractivity contribution in [1.29, 1.82) is 0 Å². The first kappa shape index (κ1) is 16.2. The molecule has 1 fully saturated rings. The van der Waals surface area contributed by atoms with Crippen molar-refractivity contribution in [3.63, 3.8) is 0 Å². The van der Waals surface area contributed by atoms with Crippen molar-refractivity contribution in [2.75, 3.05) is 32.7 Å². The van der Waals surface area contributed by atoms with Crippen LogP contribution in [0, 0.1) is 0 Å². The number of carbonyl (C=O) groups excluding carboxylic acids is 1. The zero-order valence-electron chi connectivity index (χ0n) is 13.2. The Kier molecular flexibility index (Phi) is 5.58. The Morgan fingerprint density at radius 1 is 1.24 bits per heavy atom. The van der Waals surface area contributed by atoms with Crippen LogP contribution in [-0.4, -0.2) is 73.9 Å². The quantitative estimate of drug-likeness (QED) is 0.753. The molecule has 0 N–H and O–H groups in total. The van der Waals surface area contributed by atoms with Gasteiger partial charge < -0.3 is 9.80 Å². The molecule has 0 radical (unpaired) electrons. The van der Waals surface area contributed by atoms with Crippen LogP contribution in [0.2, 0.25) is 0 Å². The van der Waals surface area contributed by atoms with Gasteiger partial charge in [-0.25, -0.2) is 4.68 Å². The highest BCUT2D eigenvalue weighted by atomic mass is 32.2. The summed E-state index contributed by atoms with van der Waals surface area (Å²) in [6, 6.07) is 0.193. The summed E-state index contributed by atoms with van der Waals surface area (Å²) in [7, 11) is 0. The monoisotopic (exact) mass is 312 g/mol. The average Bonchev–Trinajstić information content (AvgIpc) is 2.95. The Morgan fingerprint density at radius 3 is 2.48 bits per heavy atom. The van der Waals surface area contributed by atoms with Gasteiger partial charge in [0.15, 0.2) is 0 Å². The van der Waals surface area contributed by atoms with Crippen LogP contribution in [0.3, 0.4) is 0 Å². The number of amides is 1. The topological polar surface area (TPSA) is 67.2 Å². The predicted molar refractivity (Wildman–Crippen MR) is 82.2 cm³/mol. The highest BCUT2D eigenvalue weighted by molar-refractivity contribution is 8.00. The molecule has 1 atom stereocenters. The van der Waals surface area contributed by atoms with E-state index in [0.29, 0.717) is 5.16 Å². The Hall–Kier alpha value is -1.15. The van der Waals surface area contributed by atoms with Gasteiger partial charge in [-0.1, -0.05) is 18.7 Å². The molecule has 1 aromatic heterocycles. The second-order valence-corrected chi connectivity index (χ2v) is 6.83. The molecule has 7 nitrogen and oxygen atoms in total. The maximum atomic E-state index is 12.5. The third-order valence-electron chi connectivity index (χ3n) is 3.71. The van der Waals surface area contributed by atoms with Crippen LogP contribution in [0.25, 0.3) is 0 Å². The number of carbonyl (C=O) groups is 1. The maximum absolute atomic E-state index is 12.5. The van der Waals surface area contributed by atoms with Gasteiger partial charge in [-0.05, 0) is 37.7 Å². The SMILES string of the molecule is CCN1CCN(C(=O)C(C)Sc2nnnn2C(C)C)CC1. The lowest BCUT2D eigenvalue weighted by Crippen LogP contribution is -2.50. The molecule has 21 heavy (non-hydrogen) atoms. The fourth-order valence-electron chi connectivity index (χ4n) is 2.34. The maximum Gasteiger partial charge on any atom is 0.235 e. The number of thioether (sulfide) groups is 1. The summed E-state index contributed by atoms with van der Waals surface area (Å²) in [4.78, 5) is 16.8. The van der Waals surface area contributed by atoms with Crippen LogP contribution in [-0.2, 0) is 4.79 Å². The van der Waals surface area contributed by atoms with Crippen molar-refractivity contribution >= 4 is 17.7 Å². The van der Waals surface area contributed by atoms with Gasteiger partial charge in [0.1, 0.15) is 0 Å². The molecule has 1 amide bonds. The number of hydrogen-bond donors (Lipinski definition) is 0. The van der Waals surface area contributed by atoms with Gasteiger partial charge in [-0.15, -0.1) is 5.10 Å². The van der Waals surface area contributed by atoms with Gasteiger partial charge in [-0.2, -0.15) is 0 Å². The summed E-state index contributed by atoms with van der Waals surface area (Å²) in [6.45, 7) is 12.7. The fraction of sp³-hybridized carbons (Fsp3) is 0.846. The van der Waals surface area contributed by atoms with E-state index in [1.807, 2.05) is 25.7 Å². The second kappa shape index (κ2) is 7.22. The largest absolute Gasteiger partial charge is 0.339 e. The summed E-state index contributed by atoms with van der Waals surface area (Å²) in [5.41, 5.74) is 0. The van der Waals surface area contributed by atoms with Crippen molar-refractivity contribution in [2.24, 2.45) is 0 Å². The molecule has 0 spiro atoms. The van der Waals surface area contributed by atoms with Gasteiger partial charge in [-0.3, -0.25) is 4.79 Å².